The minimum absolute atomic E-state index is 0.0427. The van der Waals surface area contributed by atoms with Gasteiger partial charge < -0.3 is 4.74 Å². The number of sulfonamides is 1. The molecule has 0 aliphatic heterocycles. The van der Waals surface area contributed by atoms with Crippen molar-refractivity contribution < 1.29 is 21.6 Å². The minimum Gasteiger partial charge on any atom is -0.481 e. The molecule has 0 bridgehead atoms. The lowest BCUT2D eigenvalue weighted by Crippen LogP contribution is -2.23. The van der Waals surface area contributed by atoms with Crippen molar-refractivity contribution in [3.63, 3.8) is 0 Å². The first-order valence-corrected chi connectivity index (χ1v) is 8.47. The Hall–Kier alpha value is -1.13. The molecular weight excluding hydrogens is 306 g/mol. The van der Waals surface area contributed by atoms with E-state index in [0.29, 0.717) is 0 Å². The summed E-state index contributed by atoms with van der Waals surface area (Å²) in [7, 11) is -6.50. The third-order valence-electron chi connectivity index (χ3n) is 1.50. The van der Waals surface area contributed by atoms with Gasteiger partial charge in [0.15, 0.2) is 14.9 Å². The molecule has 0 saturated heterocycles. The molecule has 0 atom stereocenters. The van der Waals surface area contributed by atoms with Gasteiger partial charge in [-0.2, -0.15) is 4.98 Å². The van der Waals surface area contributed by atoms with Crippen molar-refractivity contribution in [2.45, 2.75) is 0 Å². The average molecular weight is 316 g/mol. The Morgan fingerprint density at radius 3 is 2.44 bits per heavy atom. The van der Waals surface area contributed by atoms with Crippen molar-refractivity contribution in [3.05, 3.63) is 11.2 Å². The van der Waals surface area contributed by atoms with Gasteiger partial charge in [0, 0.05) is 12.3 Å². The lowest BCUT2D eigenvalue weighted by molar-refractivity contribution is 0.397. The summed E-state index contributed by atoms with van der Waals surface area (Å²) >= 11 is 5.61. The van der Waals surface area contributed by atoms with Crippen LogP contribution in [0.4, 0.5) is 5.95 Å². The summed E-state index contributed by atoms with van der Waals surface area (Å²) in [5, 5.41) is -1.11. The lowest BCUT2D eigenvalue weighted by atomic mass is 10.6. The van der Waals surface area contributed by atoms with Crippen LogP contribution in [0, 0.1) is 0 Å². The summed E-state index contributed by atoms with van der Waals surface area (Å²) in [5.74, 6) is -0.310. The molecular formula is C7H10ClN3O5S2. The molecule has 1 aromatic rings. The standard InChI is InChI=1S/C7H10ClN3O5S2/c1-16-6-3-5(8)9-7(10-6)11-18(14,15)4-17(2,12)13/h3H,4H2,1-2H3,(H,9,10,11). The summed E-state index contributed by atoms with van der Waals surface area (Å²) in [4.78, 5) is 7.25. The number of aromatic nitrogens is 2. The number of rotatable bonds is 5. The SMILES string of the molecule is COc1cc(Cl)nc(NS(=O)(=O)CS(C)(=O)=O)n1. The maximum atomic E-state index is 11.5. The summed E-state index contributed by atoms with van der Waals surface area (Å²) < 4.78 is 51.4. The maximum Gasteiger partial charge on any atom is 0.249 e. The Balaban J connectivity index is 3.01. The molecule has 0 amide bonds. The van der Waals surface area contributed by atoms with E-state index < -0.39 is 24.9 Å². The first-order chi connectivity index (χ1) is 8.11. The number of anilines is 1. The van der Waals surface area contributed by atoms with E-state index in [1.54, 1.807) is 0 Å². The van der Waals surface area contributed by atoms with Crippen LogP contribution >= 0.6 is 11.6 Å². The molecule has 102 valence electrons. The normalized spacial score (nSPS) is 12.2. The predicted octanol–water partition coefficient (Wildman–Crippen LogP) is -0.118. The van der Waals surface area contributed by atoms with Gasteiger partial charge in [0.25, 0.3) is 0 Å². The lowest BCUT2D eigenvalue weighted by Gasteiger charge is -2.06. The molecule has 0 spiro atoms. The smallest absolute Gasteiger partial charge is 0.249 e. The first kappa shape index (κ1) is 14.9. The van der Waals surface area contributed by atoms with Crippen molar-refractivity contribution >= 4 is 37.4 Å². The zero-order valence-electron chi connectivity index (χ0n) is 9.41. The van der Waals surface area contributed by atoms with Crippen LogP contribution < -0.4 is 9.46 Å². The van der Waals surface area contributed by atoms with Crippen molar-refractivity contribution in [1.82, 2.24) is 9.97 Å². The number of halogens is 1. The fraction of sp³-hybridized carbons (Fsp3) is 0.429. The van der Waals surface area contributed by atoms with Crippen LogP contribution in [0.3, 0.4) is 0 Å². The van der Waals surface area contributed by atoms with Gasteiger partial charge >= 0.3 is 0 Å². The molecule has 1 rings (SSSR count). The fourth-order valence-corrected chi connectivity index (χ4v) is 4.03. The Kier molecular flexibility index (Phi) is 4.35. The molecule has 11 heteroatoms. The molecule has 1 N–H and O–H groups in total. The molecule has 1 heterocycles. The van der Waals surface area contributed by atoms with E-state index >= 15 is 0 Å². The largest absolute Gasteiger partial charge is 0.481 e. The molecule has 18 heavy (non-hydrogen) atoms. The van der Waals surface area contributed by atoms with Gasteiger partial charge in [0.05, 0.1) is 7.11 Å². The van der Waals surface area contributed by atoms with E-state index in [2.05, 4.69) is 9.97 Å². The van der Waals surface area contributed by atoms with Gasteiger partial charge in [-0.15, -0.1) is 0 Å². The van der Waals surface area contributed by atoms with Crippen molar-refractivity contribution in [2.75, 3.05) is 23.2 Å². The molecule has 0 fully saturated rings. The van der Waals surface area contributed by atoms with Crippen molar-refractivity contribution in [3.8, 4) is 5.88 Å². The van der Waals surface area contributed by atoms with E-state index in [-0.39, 0.29) is 17.0 Å². The van der Waals surface area contributed by atoms with Crippen LogP contribution in [0.5, 0.6) is 5.88 Å². The van der Waals surface area contributed by atoms with Crippen LogP contribution in [0.2, 0.25) is 5.15 Å². The van der Waals surface area contributed by atoms with Crippen LogP contribution in [0.1, 0.15) is 0 Å². The van der Waals surface area contributed by atoms with E-state index in [4.69, 9.17) is 16.3 Å². The number of nitrogens with one attached hydrogen (secondary N) is 1. The number of methoxy groups -OCH3 is 1. The molecule has 0 unspecified atom stereocenters. The monoisotopic (exact) mass is 315 g/mol. The van der Waals surface area contributed by atoms with E-state index in [9.17, 15) is 16.8 Å². The molecule has 0 aliphatic rings. The van der Waals surface area contributed by atoms with E-state index in [1.165, 1.54) is 13.2 Å². The molecule has 1 aromatic heterocycles. The molecule has 0 radical (unpaired) electrons. The molecule has 0 saturated carbocycles. The van der Waals surface area contributed by atoms with Crippen LogP contribution in [-0.2, 0) is 19.9 Å². The summed E-state index contributed by atoms with van der Waals surface area (Å²) in [5.41, 5.74) is 0. The fourth-order valence-electron chi connectivity index (χ4n) is 0.998. The summed E-state index contributed by atoms with van der Waals surface area (Å²) in [6.07, 6.45) is 0.797. The maximum absolute atomic E-state index is 11.5. The Bertz CT molecular complexity index is 643. The number of hydrogen-bond acceptors (Lipinski definition) is 7. The highest BCUT2D eigenvalue weighted by molar-refractivity contribution is 8.08. The third kappa shape index (κ3) is 5.02. The van der Waals surface area contributed by atoms with Gasteiger partial charge in [-0.1, -0.05) is 11.6 Å². The van der Waals surface area contributed by atoms with E-state index in [1.807, 2.05) is 4.72 Å². The second kappa shape index (κ2) is 5.24. The van der Waals surface area contributed by atoms with Gasteiger partial charge in [0.2, 0.25) is 21.9 Å². The Morgan fingerprint density at radius 2 is 1.94 bits per heavy atom. The number of sulfone groups is 1. The second-order valence-corrected chi connectivity index (χ2v) is 7.93. The number of hydrogen-bond donors (Lipinski definition) is 1. The first-order valence-electron chi connectivity index (χ1n) is 4.38. The van der Waals surface area contributed by atoms with E-state index in [0.717, 1.165) is 6.26 Å². The quantitative estimate of drug-likeness (QED) is 0.753. The molecule has 0 aliphatic carbocycles. The van der Waals surface area contributed by atoms with Gasteiger partial charge in [0.1, 0.15) is 5.15 Å². The highest BCUT2D eigenvalue weighted by atomic mass is 35.5. The van der Waals surface area contributed by atoms with Crippen LogP contribution in [-0.4, -0.2) is 45.3 Å². The number of ether oxygens (including phenoxy) is 1. The Morgan fingerprint density at radius 1 is 1.33 bits per heavy atom. The highest BCUT2D eigenvalue weighted by Gasteiger charge is 2.19. The van der Waals surface area contributed by atoms with Gasteiger partial charge in [-0.25, -0.2) is 21.8 Å². The van der Waals surface area contributed by atoms with Crippen LogP contribution in [0.25, 0.3) is 0 Å². The third-order valence-corrected chi connectivity index (χ3v) is 5.14. The second-order valence-electron chi connectivity index (χ2n) is 3.32. The summed E-state index contributed by atoms with van der Waals surface area (Å²) in [6.45, 7) is 0. The zero-order valence-corrected chi connectivity index (χ0v) is 11.8. The zero-order chi connectivity index (χ0) is 14.0. The summed E-state index contributed by atoms with van der Waals surface area (Å²) in [6, 6.07) is 1.27. The topological polar surface area (TPSA) is 115 Å². The van der Waals surface area contributed by atoms with Gasteiger partial charge in [-0.3, -0.25) is 4.72 Å². The van der Waals surface area contributed by atoms with Gasteiger partial charge in [-0.05, 0) is 0 Å². The number of nitrogens with zero attached hydrogens (tertiary/aromatic N) is 2. The van der Waals surface area contributed by atoms with Crippen LogP contribution in [0.15, 0.2) is 6.07 Å². The van der Waals surface area contributed by atoms with Crippen molar-refractivity contribution in [1.29, 1.82) is 0 Å². The van der Waals surface area contributed by atoms with Crippen molar-refractivity contribution in [2.24, 2.45) is 0 Å². The minimum atomic E-state index is -4.11. The Labute approximate surface area is 109 Å². The molecule has 8 nitrogen and oxygen atoms in total. The molecule has 0 aromatic carbocycles. The highest BCUT2D eigenvalue weighted by Crippen LogP contribution is 2.16. The predicted molar refractivity (Wildman–Crippen MR) is 65.8 cm³/mol. The average Bonchev–Trinajstić information content (AvgIpc) is 2.11.